The van der Waals surface area contributed by atoms with E-state index < -0.39 is 0 Å². The smallest absolute Gasteiger partial charge is 0.127 e. The van der Waals surface area contributed by atoms with Crippen LogP contribution in [0, 0.1) is 11.3 Å². The van der Waals surface area contributed by atoms with E-state index in [0.717, 1.165) is 29.7 Å². The maximum absolute atomic E-state index is 6.39. The summed E-state index contributed by atoms with van der Waals surface area (Å²) in [6, 6.07) is 4.23. The first kappa shape index (κ1) is 13.3. The van der Waals surface area contributed by atoms with Crippen LogP contribution in [0.5, 0.6) is 5.75 Å². The van der Waals surface area contributed by atoms with Gasteiger partial charge in [-0.25, -0.2) is 0 Å². The Morgan fingerprint density at radius 1 is 1.26 bits per heavy atom. The molecular formula is C17H23ClO. The van der Waals surface area contributed by atoms with Crippen LogP contribution >= 0.6 is 11.6 Å². The van der Waals surface area contributed by atoms with Gasteiger partial charge >= 0.3 is 0 Å². The molecular weight excluding hydrogens is 256 g/mol. The SMILES string of the molecule is CC(C)(C)C1COc2c1ccc(Cl)c2CCC1CC1. The molecule has 1 saturated carbocycles. The molecule has 1 heterocycles. The number of benzene rings is 1. The van der Waals surface area contributed by atoms with Crippen molar-refractivity contribution >= 4 is 11.6 Å². The van der Waals surface area contributed by atoms with Crippen LogP contribution in [0.3, 0.4) is 0 Å². The molecule has 2 heteroatoms. The summed E-state index contributed by atoms with van der Waals surface area (Å²) in [4.78, 5) is 0. The fourth-order valence-corrected chi connectivity index (χ4v) is 3.27. The topological polar surface area (TPSA) is 9.23 Å². The van der Waals surface area contributed by atoms with E-state index in [1.807, 2.05) is 0 Å². The second-order valence-corrected chi connectivity index (χ2v) is 7.56. The Labute approximate surface area is 121 Å². The van der Waals surface area contributed by atoms with Crippen molar-refractivity contribution in [3.8, 4) is 5.75 Å². The maximum Gasteiger partial charge on any atom is 0.127 e. The zero-order valence-corrected chi connectivity index (χ0v) is 12.9. The molecule has 0 spiro atoms. The van der Waals surface area contributed by atoms with Gasteiger partial charge in [0, 0.05) is 22.1 Å². The largest absolute Gasteiger partial charge is 0.492 e. The summed E-state index contributed by atoms with van der Waals surface area (Å²) in [6.07, 6.45) is 5.14. The zero-order chi connectivity index (χ0) is 13.6. The molecule has 1 unspecified atom stereocenters. The molecule has 0 saturated heterocycles. The van der Waals surface area contributed by atoms with Crippen molar-refractivity contribution in [3.05, 3.63) is 28.3 Å². The average molecular weight is 279 g/mol. The molecule has 1 aliphatic heterocycles. The average Bonchev–Trinajstić information content (AvgIpc) is 3.03. The van der Waals surface area contributed by atoms with E-state index in [0.29, 0.717) is 5.92 Å². The fourth-order valence-electron chi connectivity index (χ4n) is 3.03. The van der Waals surface area contributed by atoms with E-state index >= 15 is 0 Å². The van der Waals surface area contributed by atoms with E-state index in [1.165, 1.54) is 30.4 Å². The molecule has 2 aliphatic rings. The van der Waals surface area contributed by atoms with Gasteiger partial charge in [-0.3, -0.25) is 0 Å². The first-order valence-corrected chi connectivity index (χ1v) is 7.78. The molecule has 104 valence electrons. The summed E-state index contributed by atoms with van der Waals surface area (Å²) in [5.41, 5.74) is 2.85. The minimum atomic E-state index is 0.243. The lowest BCUT2D eigenvalue weighted by molar-refractivity contribution is 0.242. The molecule has 19 heavy (non-hydrogen) atoms. The summed E-state index contributed by atoms with van der Waals surface area (Å²) in [5, 5.41) is 0.883. The van der Waals surface area contributed by atoms with Crippen molar-refractivity contribution in [1.82, 2.24) is 0 Å². The monoisotopic (exact) mass is 278 g/mol. The second kappa shape index (κ2) is 4.70. The highest BCUT2D eigenvalue weighted by atomic mass is 35.5. The second-order valence-electron chi connectivity index (χ2n) is 7.16. The van der Waals surface area contributed by atoms with Crippen molar-refractivity contribution < 1.29 is 4.74 Å². The Kier molecular flexibility index (Phi) is 3.29. The third-order valence-electron chi connectivity index (χ3n) is 4.55. The first-order valence-electron chi connectivity index (χ1n) is 7.41. The number of hydrogen-bond donors (Lipinski definition) is 0. The Bertz CT molecular complexity index is 483. The highest BCUT2D eigenvalue weighted by Crippen LogP contribution is 2.48. The van der Waals surface area contributed by atoms with Crippen molar-refractivity contribution in [1.29, 1.82) is 0 Å². The molecule has 1 nitrogen and oxygen atoms in total. The Morgan fingerprint density at radius 3 is 2.63 bits per heavy atom. The summed E-state index contributed by atoms with van der Waals surface area (Å²) in [7, 11) is 0. The number of halogens is 1. The van der Waals surface area contributed by atoms with Crippen LogP contribution in [0.15, 0.2) is 12.1 Å². The third kappa shape index (κ3) is 2.63. The van der Waals surface area contributed by atoms with E-state index in [-0.39, 0.29) is 5.41 Å². The van der Waals surface area contributed by atoms with Crippen molar-refractivity contribution in [2.24, 2.45) is 11.3 Å². The van der Waals surface area contributed by atoms with Gasteiger partial charge in [0.05, 0.1) is 6.61 Å². The van der Waals surface area contributed by atoms with Crippen LogP contribution in [-0.4, -0.2) is 6.61 Å². The normalized spacial score (nSPS) is 22.2. The van der Waals surface area contributed by atoms with Crippen LogP contribution in [0.1, 0.15) is 57.1 Å². The number of ether oxygens (including phenoxy) is 1. The Morgan fingerprint density at radius 2 is 2.00 bits per heavy atom. The van der Waals surface area contributed by atoms with Gasteiger partial charge in [-0.2, -0.15) is 0 Å². The highest BCUT2D eigenvalue weighted by molar-refractivity contribution is 6.31. The third-order valence-corrected chi connectivity index (χ3v) is 4.90. The van der Waals surface area contributed by atoms with Gasteiger partial charge in [-0.05, 0) is 30.2 Å². The van der Waals surface area contributed by atoms with Crippen LogP contribution in [0.25, 0.3) is 0 Å². The van der Waals surface area contributed by atoms with E-state index in [4.69, 9.17) is 16.3 Å². The Balaban J connectivity index is 1.90. The molecule has 0 N–H and O–H groups in total. The first-order chi connectivity index (χ1) is 8.97. The van der Waals surface area contributed by atoms with Gasteiger partial charge < -0.3 is 4.74 Å². The predicted octanol–water partition coefficient (Wildman–Crippen LogP) is 5.20. The van der Waals surface area contributed by atoms with Crippen LogP contribution in [0.4, 0.5) is 0 Å². The number of rotatable bonds is 3. The van der Waals surface area contributed by atoms with Crippen LogP contribution in [0.2, 0.25) is 5.02 Å². The van der Waals surface area contributed by atoms with E-state index in [9.17, 15) is 0 Å². The fraction of sp³-hybridized carbons (Fsp3) is 0.647. The minimum absolute atomic E-state index is 0.243. The molecule has 1 aromatic carbocycles. The molecule has 1 aliphatic carbocycles. The molecule has 1 atom stereocenters. The van der Waals surface area contributed by atoms with Crippen molar-refractivity contribution in [2.45, 2.75) is 52.4 Å². The van der Waals surface area contributed by atoms with E-state index in [2.05, 4.69) is 32.9 Å². The highest BCUT2D eigenvalue weighted by Gasteiger charge is 2.35. The molecule has 3 rings (SSSR count). The van der Waals surface area contributed by atoms with Gasteiger partial charge in [0.25, 0.3) is 0 Å². The number of fused-ring (bicyclic) bond motifs is 1. The Hall–Kier alpha value is -0.690. The summed E-state index contributed by atoms with van der Waals surface area (Å²) < 4.78 is 6.02. The summed E-state index contributed by atoms with van der Waals surface area (Å²) in [6.45, 7) is 7.66. The molecule has 0 amide bonds. The molecule has 0 radical (unpaired) electrons. The van der Waals surface area contributed by atoms with E-state index in [1.54, 1.807) is 0 Å². The minimum Gasteiger partial charge on any atom is -0.492 e. The summed E-state index contributed by atoms with van der Waals surface area (Å²) >= 11 is 6.39. The standard InChI is InChI=1S/C17H23ClO/c1-17(2,3)14-10-19-16-12(14)8-9-15(18)13(16)7-6-11-4-5-11/h8-9,11,14H,4-7,10H2,1-3H3. The van der Waals surface area contributed by atoms with Gasteiger partial charge in [0.1, 0.15) is 5.75 Å². The lowest BCUT2D eigenvalue weighted by Gasteiger charge is -2.25. The molecule has 0 aromatic heterocycles. The molecule has 1 fully saturated rings. The summed E-state index contributed by atoms with van der Waals surface area (Å²) in [5.74, 6) is 2.51. The maximum atomic E-state index is 6.39. The van der Waals surface area contributed by atoms with Crippen LogP contribution in [-0.2, 0) is 6.42 Å². The van der Waals surface area contributed by atoms with Gasteiger partial charge in [0.15, 0.2) is 0 Å². The van der Waals surface area contributed by atoms with Gasteiger partial charge in [-0.15, -0.1) is 0 Å². The number of hydrogen-bond acceptors (Lipinski definition) is 1. The van der Waals surface area contributed by atoms with Gasteiger partial charge in [-0.1, -0.05) is 51.3 Å². The lowest BCUT2D eigenvalue weighted by atomic mass is 9.77. The quantitative estimate of drug-likeness (QED) is 0.738. The molecule has 1 aromatic rings. The lowest BCUT2D eigenvalue weighted by Crippen LogP contribution is -2.19. The van der Waals surface area contributed by atoms with Crippen molar-refractivity contribution in [2.75, 3.05) is 6.61 Å². The zero-order valence-electron chi connectivity index (χ0n) is 12.1. The predicted molar refractivity (Wildman–Crippen MR) is 80.2 cm³/mol. The molecule has 0 bridgehead atoms. The van der Waals surface area contributed by atoms with Gasteiger partial charge in [0.2, 0.25) is 0 Å². The van der Waals surface area contributed by atoms with Crippen molar-refractivity contribution in [3.63, 3.8) is 0 Å². The van der Waals surface area contributed by atoms with Crippen LogP contribution < -0.4 is 4.74 Å².